The Morgan fingerprint density at radius 2 is 1.87 bits per heavy atom. The zero-order valence-corrected chi connectivity index (χ0v) is 18.5. The number of amides is 1. The van der Waals surface area contributed by atoms with Crippen molar-refractivity contribution in [2.45, 2.75) is 13.5 Å². The van der Waals surface area contributed by atoms with Gasteiger partial charge in [0.05, 0.1) is 35.6 Å². The highest BCUT2D eigenvalue weighted by atomic mass is 35.5. The molecule has 0 aliphatic carbocycles. The number of imidazole rings is 1. The molecule has 31 heavy (non-hydrogen) atoms. The summed E-state index contributed by atoms with van der Waals surface area (Å²) in [6.45, 7) is 4.18. The molecule has 8 heteroatoms. The molecule has 7 nitrogen and oxygen atoms in total. The second-order valence-corrected chi connectivity index (χ2v) is 7.34. The number of carbonyl (C=O) groups excluding carboxylic acids is 1. The highest BCUT2D eigenvalue weighted by Crippen LogP contribution is 2.16. The van der Waals surface area contributed by atoms with Crippen LogP contribution in [0, 0.1) is 0 Å². The third-order valence-electron chi connectivity index (χ3n) is 4.57. The summed E-state index contributed by atoms with van der Waals surface area (Å²) >= 11 is 6.07. The van der Waals surface area contributed by atoms with Crippen LogP contribution in [-0.2, 0) is 6.54 Å². The average molecular weight is 439 g/mol. The van der Waals surface area contributed by atoms with E-state index >= 15 is 0 Å². The van der Waals surface area contributed by atoms with Crippen molar-refractivity contribution in [1.82, 2.24) is 25.5 Å². The smallest absolute Gasteiger partial charge is 0.252 e. The van der Waals surface area contributed by atoms with E-state index in [1.54, 1.807) is 24.3 Å². The molecule has 0 radical (unpaired) electrons. The van der Waals surface area contributed by atoms with E-state index in [1.165, 1.54) is 0 Å². The van der Waals surface area contributed by atoms with Crippen molar-refractivity contribution in [3.05, 3.63) is 77.2 Å². The molecular formula is C23H27ClN6O. The van der Waals surface area contributed by atoms with Crippen LogP contribution in [0.25, 0.3) is 11.3 Å². The van der Waals surface area contributed by atoms with Crippen molar-refractivity contribution in [3.63, 3.8) is 0 Å². The third-order valence-corrected chi connectivity index (χ3v) is 4.90. The lowest BCUT2D eigenvalue weighted by atomic mass is 10.2. The van der Waals surface area contributed by atoms with Crippen LogP contribution in [0.5, 0.6) is 0 Å². The summed E-state index contributed by atoms with van der Waals surface area (Å²) in [6, 6.07) is 17.1. The molecule has 0 atom stereocenters. The van der Waals surface area contributed by atoms with Gasteiger partial charge in [0.1, 0.15) is 5.82 Å². The van der Waals surface area contributed by atoms with Gasteiger partial charge in [-0.15, -0.1) is 0 Å². The van der Waals surface area contributed by atoms with Gasteiger partial charge >= 0.3 is 0 Å². The van der Waals surface area contributed by atoms with Crippen LogP contribution < -0.4 is 10.6 Å². The SMILES string of the molecule is CCNC(=NCCNC(=O)c1ccccc1Cl)N(C)Cc1ncc(-c2ccccc2)[nH]1. The average Bonchev–Trinajstić information content (AvgIpc) is 3.25. The summed E-state index contributed by atoms with van der Waals surface area (Å²) in [7, 11) is 1.95. The maximum absolute atomic E-state index is 12.2. The normalized spacial score (nSPS) is 11.3. The first-order valence-corrected chi connectivity index (χ1v) is 10.6. The quantitative estimate of drug-likeness (QED) is 0.285. The van der Waals surface area contributed by atoms with Crippen molar-refractivity contribution in [3.8, 4) is 11.3 Å². The van der Waals surface area contributed by atoms with Gasteiger partial charge in [-0.1, -0.05) is 54.1 Å². The van der Waals surface area contributed by atoms with E-state index in [4.69, 9.17) is 11.6 Å². The zero-order valence-electron chi connectivity index (χ0n) is 17.7. The van der Waals surface area contributed by atoms with Crippen LogP contribution in [-0.4, -0.2) is 53.4 Å². The summed E-state index contributed by atoms with van der Waals surface area (Å²) < 4.78 is 0. The molecule has 0 aliphatic rings. The van der Waals surface area contributed by atoms with Gasteiger partial charge in [0.15, 0.2) is 5.96 Å². The highest BCUT2D eigenvalue weighted by molar-refractivity contribution is 6.33. The minimum atomic E-state index is -0.205. The number of rotatable bonds is 8. The maximum atomic E-state index is 12.2. The molecule has 3 N–H and O–H groups in total. The summed E-state index contributed by atoms with van der Waals surface area (Å²) in [5.74, 6) is 1.38. The van der Waals surface area contributed by atoms with Gasteiger partial charge in [-0.2, -0.15) is 0 Å². The Morgan fingerprint density at radius 3 is 2.61 bits per heavy atom. The van der Waals surface area contributed by atoms with E-state index in [0.717, 1.165) is 29.6 Å². The Labute approximate surface area is 187 Å². The molecule has 0 spiro atoms. The van der Waals surface area contributed by atoms with Gasteiger partial charge < -0.3 is 20.5 Å². The molecule has 0 bridgehead atoms. The Bertz CT molecular complexity index is 1020. The second-order valence-electron chi connectivity index (χ2n) is 6.94. The van der Waals surface area contributed by atoms with Crippen molar-refractivity contribution in [2.24, 2.45) is 4.99 Å². The minimum Gasteiger partial charge on any atom is -0.357 e. The van der Waals surface area contributed by atoms with E-state index in [-0.39, 0.29) is 5.91 Å². The fourth-order valence-corrected chi connectivity index (χ4v) is 3.27. The standard InChI is InChI=1S/C23H27ClN6O/c1-3-25-23(27-14-13-26-22(31)18-11-7-8-12-19(18)24)30(2)16-21-28-15-20(29-21)17-9-5-4-6-10-17/h4-12,15H,3,13-14,16H2,1-2H3,(H,25,27)(H,26,31)(H,28,29). The number of aromatic nitrogens is 2. The largest absolute Gasteiger partial charge is 0.357 e. The number of benzene rings is 2. The predicted molar refractivity (Wildman–Crippen MR) is 125 cm³/mol. The molecule has 1 heterocycles. The van der Waals surface area contributed by atoms with E-state index in [9.17, 15) is 4.79 Å². The molecular weight excluding hydrogens is 412 g/mol. The van der Waals surface area contributed by atoms with Crippen molar-refractivity contribution >= 4 is 23.5 Å². The number of aromatic amines is 1. The number of nitrogens with one attached hydrogen (secondary N) is 3. The first-order valence-electron chi connectivity index (χ1n) is 10.2. The number of carbonyl (C=O) groups is 1. The van der Waals surface area contributed by atoms with Crippen LogP contribution in [0.15, 0.2) is 65.8 Å². The summed E-state index contributed by atoms with van der Waals surface area (Å²) in [6.07, 6.45) is 1.84. The van der Waals surface area contributed by atoms with Crippen LogP contribution in [0.3, 0.4) is 0 Å². The lowest BCUT2D eigenvalue weighted by Gasteiger charge is -2.21. The molecule has 0 saturated carbocycles. The van der Waals surface area contributed by atoms with Crippen molar-refractivity contribution < 1.29 is 4.79 Å². The minimum absolute atomic E-state index is 0.205. The van der Waals surface area contributed by atoms with Gasteiger partial charge in [-0.3, -0.25) is 9.79 Å². The Hall–Kier alpha value is -3.32. The first-order chi connectivity index (χ1) is 15.1. The van der Waals surface area contributed by atoms with Crippen molar-refractivity contribution in [1.29, 1.82) is 0 Å². The molecule has 3 rings (SSSR count). The number of H-pyrrole nitrogens is 1. The van der Waals surface area contributed by atoms with Crippen LogP contribution >= 0.6 is 11.6 Å². The van der Waals surface area contributed by atoms with E-state index in [2.05, 4.69) is 25.6 Å². The number of halogens is 1. The lowest BCUT2D eigenvalue weighted by molar-refractivity contribution is 0.0955. The molecule has 0 fully saturated rings. The molecule has 1 aromatic heterocycles. The van der Waals surface area contributed by atoms with Crippen LogP contribution in [0.4, 0.5) is 0 Å². The monoisotopic (exact) mass is 438 g/mol. The topological polar surface area (TPSA) is 85.4 Å². The third kappa shape index (κ3) is 6.33. The van der Waals surface area contributed by atoms with Gasteiger partial charge in [0.2, 0.25) is 0 Å². The Balaban J connectivity index is 1.55. The summed E-state index contributed by atoms with van der Waals surface area (Å²) in [5, 5.41) is 6.56. The Kier molecular flexibility index (Phi) is 8.06. The highest BCUT2D eigenvalue weighted by Gasteiger charge is 2.11. The molecule has 0 unspecified atom stereocenters. The summed E-state index contributed by atoms with van der Waals surface area (Å²) in [4.78, 5) is 26.7. The fourth-order valence-electron chi connectivity index (χ4n) is 3.05. The van der Waals surface area contributed by atoms with Crippen LogP contribution in [0.1, 0.15) is 23.1 Å². The maximum Gasteiger partial charge on any atom is 0.252 e. The number of hydrogen-bond acceptors (Lipinski definition) is 3. The lowest BCUT2D eigenvalue weighted by Crippen LogP contribution is -2.39. The van der Waals surface area contributed by atoms with E-state index < -0.39 is 0 Å². The number of hydrogen-bond donors (Lipinski definition) is 3. The molecule has 1 amide bonds. The Morgan fingerprint density at radius 1 is 1.13 bits per heavy atom. The summed E-state index contributed by atoms with van der Waals surface area (Å²) in [5.41, 5.74) is 2.54. The van der Waals surface area contributed by atoms with Crippen molar-refractivity contribution in [2.75, 3.05) is 26.7 Å². The first kappa shape index (κ1) is 22.4. The van der Waals surface area contributed by atoms with Gasteiger partial charge in [-0.25, -0.2) is 4.98 Å². The molecule has 3 aromatic rings. The number of nitrogens with zero attached hydrogens (tertiary/aromatic N) is 3. The zero-order chi connectivity index (χ0) is 22.1. The fraction of sp³-hybridized carbons (Fsp3) is 0.261. The molecule has 2 aromatic carbocycles. The predicted octanol–water partition coefficient (Wildman–Crippen LogP) is 3.56. The van der Waals surface area contributed by atoms with Gasteiger partial charge in [-0.05, 0) is 24.6 Å². The second kappa shape index (κ2) is 11.2. The van der Waals surface area contributed by atoms with Crippen LogP contribution in [0.2, 0.25) is 5.02 Å². The van der Waals surface area contributed by atoms with Gasteiger partial charge in [0.25, 0.3) is 5.91 Å². The molecule has 0 aliphatic heterocycles. The molecule has 162 valence electrons. The molecule has 0 saturated heterocycles. The van der Waals surface area contributed by atoms with E-state index in [1.807, 2.05) is 55.4 Å². The van der Waals surface area contributed by atoms with E-state index in [0.29, 0.717) is 30.2 Å². The number of guanidine groups is 1. The van der Waals surface area contributed by atoms with Gasteiger partial charge in [0, 0.05) is 20.1 Å². The number of aliphatic imine (C=N–C) groups is 1.